The molecule has 2 aromatic carbocycles. The Morgan fingerprint density at radius 2 is 1.93 bits per heavy atom. The lowest BCUT2D eigenvalue weighted by Gasteiger charge is -2.13. The molecule has 0 radical (unpaired) electrons. The van der Waals surface area contributed by atoms with Crippen LogP contribution in [0.5, 0.6) is 0 Å². The van der Waals surface area contributed by atoms with Crippen molar-refractivity contribution in [2.45, 2.75) is 24.2 Å². The van der Waals surface area contributed by atoms with Gasteiger partial charge in [0.05, 0.1) is 11.8 Å². The first-order valence-corrected chi connectivity index (χ1v) is 10.2. The van der Waals surface area contributed by atoms with Gasteiger partial charge in [0, 0.05) is 5.69 Å². The Kier molecular flexibility index (Phi) is 6.41. The fourth-order valence-corrected chi connectivity index (χ4v) is 3.97. The molecule has 1 unspecified atom stereocenters. The van der Waals surface area contributed by atoms with E-state index in [2.05, 4.69) is 20.8 Å². The van der Waals surface area contributed by atoms with Gasteiger partial charge in [-0.25, -0.2) is 4.39 Å². The topological polar surface area (TPSA) is 66.9 Å². The first-order valence-electron chi connectivity index (χ1n) is 8.35. The minimum absolute atomic E-state index is 0.111. The predicted octanol–water partition coefficient (Wildman–Crippen LogP) is 4.70. The second-order valence-electron chi connectivity index (χ2n) is 5.94. The van der Waals surface area contributed by atoms with E-state index in [9.17, 15) is 9.18 Å². The molecule has 5 nitrogen and oxygen atoms in total. The average molecular weight is 403 g/mol. The molecule has 0 aliphatic rings. The Balaban J connectivity index is 1.50. The second kappa shape index (κ2) is 8.96. The fourth-order valence-electron chi connectivity index (χ4n) is 2.39. The van der Waals surface area contributed by atoms with E-state index in [-0.39, 0.29) is 23.5 Å². The molecular weight excluding hydrogens is 383 g/mol. The molecule has 1 aromatic heterocycles. The molecule has 0 saturated heterocycles. The number of para-hydroxylation sites is 1. The Morgan fingerprint density at radius 1 is 1.19 bits per heavy atom. The van der Waals surface area contributed by atoms with Gasteiger partial charge in [0.2, 0.25) is 11.0 Å². The number of halogens is 1. The molecule has 1 heterocycles. The molecule has 0 fully saturated rings. The summed E-state index contributed by atoms with van der Waals surface area (Å²) in [5, 5.41) is 15.0. The van der Waals surface area contributed by atoms with Crippen LogP contribution in [-0.2, 0) is 4.79 Å². The van der Waals surface area contributed by atoms with Gasteiger partial charge < -0.3 is 10.6 Å². The first kappa shape index (κ1) is 19.3. The van der Waals surface area contributed by atoms with Gasteiger partial charge in [0.15, 0.2) is 4.34 Å². The average Bonchev–Trinajstić information content (AvgIpc) is 3.10. The van der Waals surface area contributed by atoms with E-state index in [4.69, 9.17) is 0 Å². The number of rotatable bonds is 7. The molecule has 0 bridgehead atoms. The smallest absolute Gasteiger partial charge is 0.230 e. The first-order chi connectivity index (χ1) is 13.0. The summed E-state index contributed by atoms with van der Waals surface area (Å²) < 4.78 is 13.7. The molecule has 0 aliphatic heterocycles. The molecule has 3 aromatic rings. The number of aromatic nitrogens is 2. The number of hydrogen-bond acceptors (Lipinski definition) is 6. The van der Waals surface area contributed by atoms with Crippen LogP contribution in [0.25, 0.3) is 0 Å². The van der Waals surface area contributed by atoms with Gasteiger partial charge in [-0.15, -0.1) is 10.2 Å². The van der Waals surface area contributed by atoms with E-state index in [1.165, 1.54) is 35.2 Å². The molecule has 0 aliphatic carbocycles. The zero-order valence-corrected chi connectivity index (χ0v) is 16.5. The minimum atomic E-state index is -0.292. The standard InChI is InChI=1S/C19H19FN4OS2/c1-12-5-3-4-6-16(12)22-18-23-24-19(27-18)26-11-17(25)21-13(2)14-7-9-15(20)10-8-14/h3-10,13H,11H2,1-2H3,(H,21,25)(H,22,23). The summed E-state index contributed by atoms with van der Waals surface area (Å²) in [4.78, 5) is 12.1. The Hall–Kier alpha value is -2.45. The molecule has 0 spiro atoms. The Bertz CT molecular complexity index is 914. The number of amides is 1. The summed E-state index contributed by atoms with van der Waals surface area (Å²) in [7, 11) is 0. The van der Waals surface area contributed by atoms with Crippen molar-refractivity contribution in [2.75, 3.05) is 11.1 Å². The van der Waals surface area contributed by atoms with E-state index in [0.29, 0.717) is 5.13 Å². The lowest BCUT2D eigenvalue weighted by atomic mass is 10.1. The highest BCUT2D eigenvalue weighted by Gasteiger charge is 2.12. The van der Waals surface area contributed by atoms with Crippen LogP contribution in [0, 0.1) is 12.7 Å². The normalized spacial score (nSPS) is 11.8. The number of carbonyl (C=O) groups excluding carboxylic acids is 1. The lowest BCUT2D eigenvalue weighted by Crippen LogP contribution is -2.28. The van der Waals surface area contributed by atoms with Crippen molar-refractivity contribution in [3.05, 3.63) is 65.5 Å². The van der Waals surface area contributed by atoms with Gasteiger partial charge in [-0.2, -0.15) is 0 Å². The molecule has 3 rings (SSSR count). The largest absolute Gasteiger partial charge is 0.349 e. The summed E-state index contributed by atoms with van der Waals surface area (Å²) in [6, 6.07) is 13.9. The number of nitrogens with zero attached hydrogens (tertiary/aromatic N) is 2. The van der Waals surface area contributed by atoms with Crippen LogP contribution in [0.2, 0.25) is 0 Å². The maximum Gasteiger partial charge on any atom is 0.230 e. The molecule has 140 valence electrons. The summed E-state index contributed by atoms with van der Waals surface area (Å²) in [6.45, 7) is 3.89. The van der Waals surface area contributed by atoms with Crippen LogP contribution in [0.1, 0.15) is 24.1 Å². The minimum Gasteiger partial charge on any atom is -0.349 e. The fraction of sp³-hybridized carbons (Fsp3) is 0.211. The monoisotopic (exact) mass is 402 g/mol. The number of carbonyl (C=O) groups is 1. The zero-order chi connectivity index (χ0) is 19.2. The van der Waals surface area contributed by atoms with Crippen LogP contribution in [0.4, 0.5) is 15.2 Å². The van der Waals surface area contributed by atoms with E-state index in [1.807, 2.05) is 38.1 Å². The van der Waals surface area contributed by atoms with Crippen LogP contribution < -0.4 is 10.6 Å². The van der Waals surface area contributed by atoms with Crippen molar-refractivity contribution >= 4 is 39.8 Å². The molecule has 8 heteroatoms. The van der Waals surface area contributed by atoms with Crippen LogP contribution >= 0.6 is 23.1 Å². The number of nitrogens with one attached hydrogen (secondary N) is 2. The molecule has 27 heavy (non-hydrogen) atoms. The van der Waals surface area contributed by atoms with Crippen molar-refractivity contribution in [2.24, 2.45) is 0 Å². The van der Waals surface area contributed by atoms with Gasteiger partial charge in [0.1, 0.15) is 5.82 Å². The molecule has 2 N–H and O–H groups in total. The second-order valence-corrected chi connectivity index (χ2v) is 8.14. The highest BCUT2D eigenvalue weighted by atomic mass is 32.2. The summed E-state index contributed by atoms with van der Waals surface area (Å²) in [6.07, 6.45) is 0. The number of aryl methyl sites for hydroxylation is 1. The highest BCUT2D eigenvalue weighted by molar-refractivity contribution is 8.01. The Morgan fingerprint density at radius 3 is 2.67 bits per heavy atom. The summed E-state index contributed by atoms with van der Waals surface area (Å²) >= 11 is 2.74. The Labute approximate surface area is 165 Å². The number of thioether (sulfide) groups is 1. The quantitative estimate of drug-likeness (QED) is 0.561. The van der Waals surface area contributed by atoms with E-state index in [0.717, 1.165) is 21.2 Å². The molecule has 1 atom stereocenters. The third kappa shape index (κ3) is 5.51. The zero-order valence-electron chi connectivity index (χ0n) is 14.9. The summed E-state index contributed by atoms with van der Waals surface area (Å²) in [5.74, 6) is -0.162. The van der Waals surface area contributed by atoms with Gasteiger partial charge in [-0.3, -0.25) is 4.79 Å². The third-order valence-corrected chi connectivity index (χ3v) is 5.84. The summed E-state index contributed by atoms with van der Waals surface area (Å²) in [5.41, 5.74) is 2.96. The number of anilines is 2. The third-order valence-electron chi connectivity index (χ3n) is 3.87. The molecular formula is C19H19FN4OS2. The van der Waals surface area contributed by atoms with Crippen LogP contribution in [0.15, 0.2) is 52.9 Å². The van der Waals surface area contributed by atoms with Gasteiger partial charge >= 0.3 is 0 Å². The van der Waals surface area contributed by atoms with E-state index < -0.39 is 0 Å². The maximum absolute atomic E-state index is 13.0. The van der Waals surface area contributed by atoms with Gasteiger partial charge in [0.25, 0.3) is 0 Å². The number of hydrogen-bond donors (Lipinski definition) is 2. The van der Waals surface area contributed by atoms with Gasteiger partial charge in [-0.05, 0) is 43.2 Å². The lowest BCUT2D eigenvalue weighted by molar-refractivity contribution is -0.119. The van der Waals surface area contributed by atoms with Crippen molar-refractivity contribution in [3.63, 3.8) is 0 Å². The van der Waals surface area contributed by atoms with Gasteiger partial charge in [-0.1, -0.05) is 53.4 Å². The molecule has 1 amide bonds. The van der Waals surface area contributed by atoms with E-state index >= 15 is 0 Å². The van der Waals surface area contributed by atoms with Crippen LogP contribution in [-0.4, -0.2) is 21.9 Å². The number of benzene rings is 2. The van der Waals surface area contributed by atoms with Crippen molar-refractivity contribution in [1.29, 1.82) is 0 Å². The highest BCUT2D eigenvalue weighted by Crippen LogP contribution is 2.28. The maximum atomic E-state index is 13.0. The van der Waals surface area contributed by atoms with Crippen LogP contribution in [0.3, 0.4) is 0 Å². The van der Waals surface area contributed by atoms with Crippen molar-refractivity contribution < 1.29 is 9.18 Å². The molecule has 0 saturated carbocycles. The SMILES string of the molecule is Cc1ccccc1Nc1nnc(SCC(=O)NC(C)c2ccc(F)cc2)s1. The van der Waals surface area contributed by atoms with Crippen molar-refractivity contribution in [1.82, 2.24) is 15.5 Å². The van der Waals surface area contributed by atoms with Crippen molar-refractivity contribution in [3.8, 4) is 0 Å². The van der Waals surface area contributed by atoms with E-state index in [1.54, 1.807) is 12.1 Å². The predicted molar refractivity (Wildman–Crippen MR) is 108 cm³/mol.